The quantitative estimate of drug-likeness (QED) is 0.808. The Bertz CT molecular complexity index is 567. The molecule has 1 aromatic heterocycles. The smallest absolute Gasteiger partial charge is 0.147 e. The van der Waals surface area contributed by atoms with E-state index in [4.69, 9.17) is 0 Å². The first-order chi connectivity index (χ1) is 8.31. The van der Waals surface area contributed by atoms with Crippen molar-refractivity contribution in [3.63, 3.8) is 0 Å². The van der Waals surface area contributed by atoms with Crippen LogP contribution in [-0.4, -0.2) is 29.1 Å². The molecule has 2 nitrogen and oxygen atoms in total. The molecule has 0 aliphatic carbocycles. The number of likely N-dealkylation sites (N-methyl/N-ethyl adjacent to an activating group) is 1. The Morgan fingerprint density at radius 1 is 1.28 bits per heavy atom. The fraction of sp³-hybridized carbons (Fsp3) is 0.467. The molecule has 1 aromatic carbocycles. The van der Waals surface area contributed by atoms with Crippen LogP contribution in [0.15, 0.2) is 24.4 Å². The highest BCUT2D eigenvalue weighted by molar-refractivity contribution is 5.81. The van der Waals surface area contributed by atoms with E-state index in [9.17, 15) is 4.39 Å². The fourth-order valence-corrected chi connectivity index (χ4v) is 2.13. The third-order valence-corrected chi connectivity index (χ3v) is 3.73. The molecule has 0 unspecified atom stereocenters. The van der Waals surface area contributed by atoms with Crippen molar-refractivity contribution in [3.05, 3.63) is 35.8 Å². The highest BCUT2D eigenvalue weighted by Gasteiger charge is 2.22. The Labute approximate surface area is 108 Å². The lowest BCUT2D eigenvalue weighted by atomic mass is 10.0. The second-order valence-electron chi connectivity index (χ2n) is 5.84. The summed E-state index contributed by atoms with van der Waals surface area (Å²) in [6.45, 7) is 7.00. The molecule has 98 valence electrons. The van der Waals surface area contributed by atoms with Crippen LogP contribution in [-0.2, 0) is 6.54 Å². The normalized spacial score (nSPS) is 12.6. The van der Waals surface area contributed by atoms with Crippen LogP contribution in [0.25, 0.3) is 10.9 Å². The standard InChI is InChI=1S/C15H21FN2/c1-11-8-12-6-7-18(14(12)13(16)9-11)10-15(2,3)17(4)5/h6-9H,10H2,1-5H3. The lowest BCUT2D eigenvalue weighted by molar-refractivity contribution is 0.171. The maximum atomic E-state index is 14.1. The van der Waals surface area contributed by atoms with Gasteiger partial charge in [-0.25, -0.2) is 4.39 Å². The molecule has 0 saturated carbocycles. The predicted molar refractivity (Wildman–Crippen MR) is 74.4 cm³/mol. The van der Waals surface area contributed by atoms with E-state index in [-0.39, 0.29) is 11.4 Å². The van der Waals surface area contributed by atoms with E-state index < -0.39 is 0 Å². The van der Waals surface area contributed by atoms with Gasteiger partial charge in [0.1, 0.15) is 5.82 Å². The summed E-state index contributed by atoms with van der Waals surface area (Å²) in [5.41, 5.74) is 1.66. The molecular weight excluding hydrogens is 227 g/mol. The van der Waals surface area contributed by atoms with Crippen LogP contribution in [0.2, 0.25) is 0 Å². The molecule has 3 heteroatoms. The fourth-order valence-electron chi connectivity index (χ4n) is 2.13. The van der Waals surface area contributed by atoms with Gasteiger partial charge in [-0.05, 0) is 58.6 Å². The zero-order chi connectivity index (χ0) is 13.5. The van der Waals surface area contributed by atoms with Crippen molar-refractivity contribution in [1.82, 2.24) is 9.47 Å². The van der Waals surface area contributed by atoms with E-state index >= 15 is 0 Å². The van der Waals surface area contributed by atoms with E-state index in [1.165, 1.54) is 0 Å². The Balaban J connectivity index is 2.47. The first-order valence-corrected chi connectivity index (χ1v) is 6.24. The van der Waals surface area contributed by atoms with Crippen LogP contribution < -0.4 is 0 Å². The largest absolute Gasteiger partial charge is 0.343 e. The van der Waals surface area contributed by atoms with Crippen molar-refractivity contribution in [2.24, 2.45) is 0 Å². The molecule has 0 N–H and O–H groups in total. The number of nitrogens with zero attached hydrogens (tertiary/aromatic N) is 2. The van der Waals surface area contributed by atoms with Gasteiger partial charge in [0.05, 0.1) is 5.52 Å². The van der Waals surface area contributed by atoms with Crippen LogP contribution in [0, 0.1) is 12.7 Å². The van der Waals surface area contributed by atoms with Crippen molar-refractivity contribution < 1.29 is 4.39 Å². The van der Waals surface area contributed by atoms with E-state index in [0.717, 1.165) is 17.5 Å². The zero-order valence-corrected chi connectivity index (χ0v) is 11.8. The number of hydrogen-bond acceptors (Lipinski definition) is 1. The highest BCUT2D eigenvalue weighted by Crippen LogP contribution is 2.24. The van der Waals surface area contributed by atoms with Gasteiger partial charge in [0, 0.05) is 23.7 Å². The number of aryl methyl sites for hydroxylation is 1. The van der Waals surface area contributed by atoms with Crippen LogP contribution >= 0.6 is 0 Å². The highest BCUT2D eigenvalue weighted by atomic mass is 19.1. The average molecular weight is 248 g/mol. The van der Waals surface area contributed by atoms with E-state index in [1.807, 2.05) is 43.9 Å². The molecular formula is C15H21FN2. The third kappa shape index (κ3) is 2.27. The van der Waals surface area contributed by atoms with Crippen molar-refractivity contribution in [2.45, 2.75) is 32.9 Å². The summed E-state index contributed by atoms with van der Waals surface area (Å²) < 4.78 is 16.1. The minimum absolute atomic E-state index is 0.0106. The molecule has 2 aromatic rings. The van der Waals surface area contributed by atoms with Gasteiger partial charge < -0.3 is 9.47 Å². The molecule has 0 fully saturated rings. The average Bonchev–Trinajstić information content (AvgIpc) is 2.60. The number of rotatable bonds is 3. The van der Waals surface area contributed by atoms with Crippen LogP contribution in [0.4, 0.5) is 4.39 Å². The summed E-state index contributed by atoms with van der Waals surface area (Å²) in [5.74, 6) is -0.135. The van der Waals surface area contributed by atoms with Gasteiger partial charge in [0.2, 0.25) is 0 Å². The molecule has 1 heterocycles. The monoisotopic (exact) mass is 248 g/mol. The molecule has 2 rings (SSSR count). The minimum Gasteiger partial charge on any atom is -0.343 e. The van der Waals surface area contributed by atoms with Gasteiger partial charge in [0.25, 0.3) is 0 Å². The molecule has 0 amide bonds. The first-order valence-electron chi connectivity index (χ1n) is 6.24. The van der Waals surface area contributed by atoms with Crippen molar-refractivity contribution >= 4 is 10.9 Å². The number of halogens is 1. The van der Waals surface area contributed by atoms with Crippen LogP contribution in [0.1, 0.15) is 19.4 Å². The predicted octanol–water partition coefficient (Wildman–Crippen LogP) is 3.43. The second-order valence-corrected chi connectivity index (χ2v) is 5.84. The number of fused-ring (bicyclic) bond motifs is 1. The lowest BCUT2D eigenvalue weighted by Crippen LogP contribution is -2.41. The molecule has 0 atom stereocenters. The minimum atomic E-state index is -0.135. The van der Waals surface area contributed by atoms with Crippen molar-refractivity contribution in [1.29, 1.82) is 0 Å². The number of benzene rings is 1. The summed E-state index contributed by atoms with van der Waals surface area (Å²) in [5, 5.41) is 0.974. The summed E-state index contributed by atoms with van der Waals surface area (Å²) >= 11 is 0. The molecule has 0 aliphatic rings. The molecule has 0 aliphatic heterocycles. The Kier molecular flexibility index (Phi) is 3.20. The topological polar surface area (TPSA) is 8.17 Å². The summed E-state index contributed by atoms with van der Waals surface area (Å²) in [6, 6.07) is 5.61. The lowest BCUT2D eigenvalue weighted by Gasteiger charge is -2.33. The molecule has 0 saturated heterocycles. The molecule has 0 radical (unpaired) electrons. The Hall–Kier alpha value is -1.35. The SMILES string of the molecule is Cc1cc(F)c2c(ccn2CC(C)(C)N(C)C)c1. The Morgan fingerprint density at radius 2 is 1.94 bits per heavy atom. The van der Waals surface area contributed by atoms with Gasteiger partial charge in [-0.3, -0.25) is 0 Å². The first kappa shape index (κ1) is 13.1. The van der Waals surface area contributed by atoms with Gasteiger partial charge in [0.15, 0.2) is 0 Å². The van der Waals surface area contributed by atoms with E-state index in [2.05, 4.69) is 18.7 Å². The zero-order valence-electron chi connectivity index (χ0n) is 11.8. The van der Waals surface area contributed by atoms with Crippen LogP contribution in [0.5, 0.6) is 0 Å². The van der Waals surface area contributed by atoms with Gasteiger partial charge >= 0.3 is 0 Å². The van der Waals surface area contributed by atoms with Gasteiger partial charge in [-0.2, -0.15) is 0 Å². The maximum absolute atomic E-state index is 14.1. The van der Waals surface area contributed by atoms with E-state index in [1.54, 1.807) is 6.07 Å². The Morgan fingerprint density at radius 3 is 2.56 bits per heavy atom. The van der Waals surface area contributed by atoms with Gasteiger partial charge in [-0.15, -0.1) is 0 Å². The van der Waals surface area contributed by atoms with Crippen molar-refractivity contribution in [2.75, 3.05) is 14.1 Å². The molecule has 0 spiro atoms. The van der Waals surface area contributed by atoms with E-state index in [0.29, 0.717) is 5.52 Å². The number of hydrogen-bond donors (Lipinski definition) is 0. The molecule has 18 heavy (non-hydrogen) atoms. The third-order valence-electron chi connectivity index (χ3n) is 3.73. The molecule has 0 bridgehead atoms. The van der Waals surface area contributed by atoms with Gasteiger partial charge in [-0.1, -0.05) is 0 Å². The summed E-state index contributed by atoms with van der Waals surface area (Å²) in [6.07, 6.45) is 1.97. The summed E-state index contributed by atoms with van der Waals surface area (Å²) in [7, 11) is 4.10. The summed E-state index contributed by atoms with van der Waals surface area (Å²) in [4.78, 5) is 2.16. The van der Waals surface area contributed by atoms with Crippen LogP contribution in [0.3, 0.4) is 0 Å². The number of aromatic nitrogens is 1. The van der Waals surface area contributed by atoms with Crippen molar-refractivity contribution in [3.8, 4) is 0 Å². The second kappa shape index (κ2) is 4.39. The maximum Gasteiger partial charge on any atom is 0.147 e.